The van der Waals surface area contributed by atoms with E-state index >= 15 is 0 Å². The van der Waals surface area contributed by atoms with Crippen molar-refractivity contribution in [3.8, 4) is 22.4 Å². The number of fused-ring (bicyclic) bond motifs is 2. The highest BCUT2D eigenvalue weighted by molar-refractivity contribution is 6.02. The first-order chi connectivity index (χ1) is 14.8. The normalized spacial score (nSPS) is 13.8. The zero-order chi connectivity index (χ0) is 20.1. The summed E-state index contributed by atoms with van der Waals surface area (Å²) in [6, 6.07) is 21.6. The first-order valence-electron chi connectivity index (χ1n) is 10.3. The number of pyridine rings is 1. The second-order valence-corrected chi connectivity index (χ2v) is 7.82. The zero-order valence-electron chi connectivity index (χ0n) is 16.7. The Bertz CT molecular complexity index is 1380. The van der Waals surface area contributed by atoms with Gasteiger partial charge < -0.3 is 9.88 Å². The number of anilines is 1. The molecule has 0 spiro atoms. The minimum atomic E-state index is 0.545. The van der Waals surface area contributed by atoms with Gasteiger partial charge in [-0.1, -0.05) is 48.5 Å². The molecule has 0 amide bonds. The number of nitrogens with zero attached hydrogens (tertiary/aromatic N) is 4. The summed E-state index contributed by atoms with van der Waals surface area (Å²) in [5.41, 5.74) is 6.38. The number of nitrogens with one attached hydrogen (secondary N) is 1. The zero-order valence-corrected chi connectivity index (χ0v) is 16.7. The Morgan fingerprint density at radius 3 is 2.57 bits per heavy atom. The lowest BCUT2D eigenvalue weighted by atomic mass is 10.0. The Hall–Kier alpha value is -3.73. The molecule has 5 aromatic rings. The number of benzene rings is 2. The summed E-state index contributed by atoms with van der Waals surface area (Å²) < 4.78 is 2.31. The van der Waals surface area contributed by atoms with Gasteiger partial charge in [-0.05, 0) is 30.5 Å². The van der Waals surface area contributed by atoms with E-state index in [0.717, 1.165) is 50.1 Å². The highest BCUT2D eigenvalue weighted by Crippen LogP contribution is 2.42. The molecule has 30 heavy (non-hydrogen) atoms. The summed E-state index contributed by atoms with van der Waals surface area (Å²) in [4.78, 5) is 14.0. The fourth-order valence-electron chi connectivity index (χ4n) is 4.18. The van der Waals surface area contributed by atoms with Gasteiger partial charge in [-0.25, -0.2) is 15.0 Å². The molecule has 5 heteroatoms. The number of aromatic nitrogens is 4. The van der Waals surface area contributed by atoms with Crippen molar-refractivity contribution < 1.29 is 0 Å². The van der Waals surface area contributed by atoms with E-state index in [9.17, 15) is 0 Å². The van der Waals surface area contributed by atoms with E-state index in [1.807, 2.05) is 25.2 Å². The maximum Gasteiger partial charge on any atom is 0.146 e. The van der Waals surface area contributed by atoms with Gasteiger partial charge in [-0.2, -0.15) is 0 Å². The third kappa shape index (κ3) is 2.74. The van der Waals surface area contributed by atoms with Crippen LogP contribution in [0.25, 0.3) is 44.3 Å². The molecule has 146 valence electrons. The number of rotatable bonds is 4. The molecule has 3 heterocycles. The molecule has 1 aliphatic rings. The van der Waals surface area contributed by atoms with Crippen molar-refractivity contribution in [1.29, 1.82) is 0 Å². The van der Waals surface area contributed by atoms with Crippen LogP contribution in [0.1, 0.15) is 18.9 Å². The Kier molecular flexibility index (Phi) is 3.81. The fourth-order valence-corrected chi connectivity index (χ4v) is 4.18. The van der Waals surface area contributed by atoms with Crippen LogP contribution in [0.4, 0.5) is 5.82 Å². The predicted octanol–water partition coefficient (Wildman–Crippen LogP) is 5.69. The van der Waals surface area contributed by atoms with Gasteiger partial charge >= 0.3 is 0 Å². The van der Waals surface area contributed by atoms with Crippen LogP contribution in [0.5, 0.6) is 0 Å². The molecule has 1 fully saturated rings. The van der Waals surface area contributed by atoms with Gasteiger partial charge in [0.15, 0.2) is 0 Å². The first-order valence-corrected chi connectivity index (χ1v) is 10.3. The molecule has 0 saturated heterocycles. The average Bonchev–Trinajstić information content (AvgIpc) is 3.58. The van der Waals surface area contributed by atoms with E-state index in [-0.39, 0.29) is 0 Å². The standard InChI is InChI=1S/C25H21N5/c1-26-24-23-20(14-30(19-10-11-19)25(23)28-15-27-24)18-8-7-17-9-12-21(29-22(17)13-18)16-5-3-2-4-6-16/h2-9,12-15,19H,10-11H2,1H3,(H,26,27,28). The monoisotopic (exact) mass is 391 g/mol. The summed E-state index contributed by atoms with van der Waals surface area (Å²) in [5.74, 6) is 0.862. The summed E-state index contributed by atoms with van der Waals surface area (Å²) in [6.07, 6.45) is 6.30. The Morgan fingerprint density at radius 2 is 1.77 bits per heavy atom. The molecule has 0 aliphatic heterocycles. The molecular formula is C25H21N5. The van der Waals surface area contributed by atoms with Crippen molar-refractivity contribution in [1.82, 2.24) is 19.5 Å². The molecule has 1 saturated carbocycles. The summed E-state index contributed by atoms with van der Waals surface area (Å²) in [5, 5.41) is 5.45. The van der Waals surface area contributed by atoms with Crippen LogP contribution in [-0.4, -0.2) is 26.6 Å². The first kappa shape index (κ1) is 17.2. The van der Waals surface area contributed by atoms with Crippen molar-refractivity contribution in [2.24, 2.45) is 0 Å². The van der Waals surface area contributed by atoms with E-state index in [4.69, 9.17) is 4.98 Å². The third-order valence-electron chi connectivity index (χ3n) is 5.86. The van der Waals surface area contributed by atoms with Crippen molar-refractivity contribution in [2.75, 3.05) is 12.4 Å². The quantitative estimate of drug-likeness (QED) is 0.428. The molecule has 3 aromatic heterocycles. The van der Waals surface area contributed by atoms with Gasteiger partial charge in [-0.15, -0.1) is 0 Å². The largest absolute Gasteiger partial charge is 0.372 e. The van der Waals surface area contributed by atoms with Gasteiger partial charge in [0, 0.05) is 35.8 Å². The van der Waals surface area contributed by atoms with Gasteiger partial charge in [0.05, 0.1) is 16.6 Å². The van der Waals surface area contributed by atoms with Gasteiger partial charge in [0.2, 0.25) is 0 Å². The lowest BCUT2D eigenvalue weighted by molar-refractivity contribution is 0.766. The topological polar surface area (TPSA) is 55.6 Å². The van der Waals surface area contributed by atoms with Crippen LogP contribution in [0.15, 0.2) is 73.2 Å². The van der Waals surface area contributed by atoms with Crippen LogP contribution in [0, 0.1) is 0 Å². The Balaban J connectivity index is 1.55. The molecule has 0 bridgehead atoms. The van der Waals surface area contributed by atoms with Crippen LogP contribution < -0.4 is 5.32 Å². The van der Waals surface area contributed by atoms with E-state index in [2.05, 4.69) is 68.5 Å². The van der Waals surface area contributed by atoms with Crippen molar-refractivity contribution >= 4 is 27.8 Å². The van der Waals surface area contributed by atoms with Crippen molar-refractivity contribution in [3.05, 3.63) is 73.2 Å². The molecule has 0 atom stereocenters. The molecule has 0 radical (unpaired) electrons. The van der Waals surface area contributed by atoms with Crippen LogP contribution in [-0.2, 0) is 0 Å². The summed E-state index contributed by atoms with van der Waals surface area (Å²) in [6.45, 7) is 0. The second-order valence-electron chi connectivity index (χ2n) is 7.82. The predicted molar refractivity (Wildman–Crippen MR) is 122 cm³/mol. The minimum absolute atomic E-state index is 0.545. The summed E-state index contributed by atoms with van der Waals surface area (Å²) in [7, 11) is 1.91. The van der Waals surface area contributed by atoms with Crippen LogP contribution >= 0.6 is 0 Å². The van der Waals surface area contributed by atoms with E-state index < -0.39 is 0 Å². The lowest BCUT2D eigenvalue weighted by Crippen LogP contribution is -1.97. The maximum atomic E-state index is 4.95. The van der Waals surface area contributed by atoms with Crippen molar-refractivity contribution in [3.63, 3.8) is 0 Å². The second kappa shape index (κ2) is 6.66. The lowest BCUT2D eigenvalue weighted by Gasteiger charge is -2.07. The molecule has 6 rings (SSSR count). The maximum absolute atomic E-state index is 4.95. The smallest absolute Gasteiger partial charge is 0.146 e. The molecule has 0 unspecified atom stereocenters. The highest BCUT2D eigenvalue weighted by Gasteiger charge is 2.28. The van der Waals surface area contributed by atoms with E-state index in [0.29, 0.717) is 6.04 Å². The van der Waals surface area contributed by atoms with Gasteiger partial charge in [0.25, 0.3) is 0 Å². The SMILES string of the molecule is CNc1ncnc2c1c(-c1ccc3ccc(-c4ccccc4)nc3c1)cn2C1CC1. The number of hydrogen-bond donors (Lipinski definition) is 1. The highest BCUT2D eigenvalue weighted by atomic mass is 15.1. The molecule has 2 aromatic carbocycles. The van der Waals surface area contributed by atoms with Gasteiger partial charge in [-0.3, -0.25) is 0 Å². The third-order valence-corrected chi connectivity index (χ3v) is 5.86. The van der Waals surface area contributed by atoms with Crippen molar-refractivity contribution in [2.45, 2.75) is 18.9 Å². The Labute approximate surface area is 174 Å². The minimum Gasteiger partial charge on any atom is -0.372 e. The van der Waals surface area contributed by atoms with E-state index in [1.165, 1.54) is 12.8 Å². The fraction of sp³-hybridized carbons (Fsp3) is 0.160. The van der Waals surface area contributed by atoms with Crippen LogP contribution in [0.3, 0.4) is 0 Å². The number of hydrogen-bond acceptors (Lipinski definition) is 4. The van der Waals surface area contributed by atoms with Crippen LogP contribution in [0.2, 0.25) is 0 Å². The summed E-state index contributed by atoms with van der Waals surface area (Å²) >= 11 is 0. The average molecular weight is 391 g/mol. The molecule has 1 N–H and O–H groups in total. The molecule has 5 nitrogen and oxygen atoms in total. The van der Waals surface area contributed by atoms with Gasteiger partial charge in [0.1, 0.15) is 17.8 Å². The Morgan fingerprint density at radius 1 is 0.933 bits per heavy atom. The molecule has 1 aliphatic carbocycles. The van der Waals surface area contributed by atoms with E-state index in [1.54, 1.807) is 6.33 Å². The molecular weight excluding hydrogens is 370 g/mol.